The van der Waals surface area contributed by atoms with Gasteiger partial charge in [0.1, 0.15) is 0 Å². The highest BCUT2D eigenvalue weighted by molar-refractivity contribution is 5.99. The van der Waals surface area contributed by atoms with E-state index in [1.54, 1.807) is 25.2 Å². The highest BCUT2D eigenvalue weighted by Crippen LogP contribution is 2.16. The first-order valence-electron chi connectivity index (χ1n) is 3.92. The number of nitrogens with zero attached hydrogens (tertiary/aromatic N) is 1. The smallest absolute Gasteiger partial charge is 0.161 e. The van der Waals surface area contributed by atoms with Gasteiger partial charge in [-0.1, -0.05) is 0 Å². The molecule has 0 unspecified atom stereocenters. The zero-order chi connectivity index (χ0) is 9.84. The van der Waals surface area contributed by atoms with E-state index in [0.29, 0.717) is 11.1 Å². The number of benzene rings is 1. The predicted molar refractivity (Wildman–Crippen MR) is 50.7 cm³/mol. The fourth-order valence-corrected chi connectivity index (χ4v) is 1.12. The first-order valence-corrected chi connectivity index (χ1v) is 3.92. The molecule has 0 fully saturated rings. The molecule has 0 saturated heterocycles. The maximum absolute atomic E-state index is 11.1. The van der Waals surface area contributed by atoms with E-state index in [2.05, 4.69) is 5.32 Å². The number of carbonyl (C=O) groups excluding carboxylic acids is 1. The SMILES string of the molecule is CNc1ccc(C#N)cc1C(C)=O. The number of nitrogens with one attached hydrogen (secondary N) is 1. The Hall–Kier alpha value is -1.82. The van der Waals surface area contributed by atoms with Crippen molar-refractivity contribution >= 4 is 11.5 Å². The summed E-state index contributed by atoms with van der Waals surface area (Å²) in [6.07, 6.45) is 0. The molecule has 0 atom stereocenters. The van der Waals surface area contributed by atoms with Crippen molar-refractivity contribution in [2.45, 2.75) is 6.92 Å². The minimum Gasteiger partial charge on any atom is -0.388 e. The van der Waals surface area contributed by atoms with E-state index in [0.717, 1.165) is 5.69 Å². The Bertz CT molecular complexity index is 377. The van der Waals surface area contributed by atoms with E-state index in [-0.39, 0.29) is 5.78 Å². The molecule has 1 rings (SSSR count). The van der Waals surface area contributed by atoms with Gasteiger partial charge in [0.15, 0.2) is 5.78 Å². The first kappa shape index (κ1) is 9.27. The van der Waals surface area contributed by atoms with E-state index in [1.165, 1.54) is 6.92 Å². The highest BCUT2D eigenvalue weighted by atomic mass is 16.1. The summed E-state index contributed by atoms with van der Waals surface area (Å²) in [5.41, 5.74) is 1.82. The van der Waals surface area contributed by atoms with E-state index in [1.807, 2.05) is 6.07 Å². The monoisotopic (exact) mass is 174 g/mol. The molecule has 0 aliphatic heterocycles. The zero-order valence-electron chi connectivity index (χ0n) is 7.59. The topological polar surface area (TPSA) is 52.9 Å². The third-order valence-electron chi connectivity index (χ3n) is 1.80. The molecule has 0 aliphatic carbocycles. The number of nitriles is 1. The van der Waals surface area contributed by atoms with Gasteiger partial charge in [0, 0.05) is 18.3 Å². The molecule has 3 nitrogen and oxygen atoms in total. The number of hydrogen-bond acceptors (Lipinski definition) is 3. The molecular weight excluding hydrogens is 164 g/mol. The molecule has 0 radical (unpaired) electrons. The lowest BCUT2D eigenvalue weighted by molar-refractivity contribution is 0.101. The predicted octanol–water partition coefficient (Wildman–Crippen LogP) is 1.80. The lowest BCUT2D eigenvalue weighted by Crippen LogP contribution is -2.00. The summed E-state index contributed by atoms with van der Waals surface area (Å²) in [7, 11) is 1.74. The molecule has 0 heterocycles. The van der Waals surface area contributed by atoms with E-state index in [4.69, 9.17) is 5.26 Å². The third kappa shape index (κ3) is 1.85. The third-order valence-corrected chi connectivity index (χ3v) is 1.80. The Morgan fingerprint density at radius 1 is 1.54 bits per heavy atom. The fourth-order valence-electron chi connectivity index (χ4n) is 1.12. The lowest BCUT2D eigenvalue weighted by atomic mass is 10.1. The van der Waals surface area contributed by atoms with Gasteiger partial charge in [0.25, 0.3) is 0 Å². The summed E-state index contributed by atoms with van der Waals surface area (Å²) in [6, 6.07) is 7.00. The van der Waals surface area contributed by atoms with Crippen molar-refractivity contribution in [1.82, 2.24) is 0 Å². The van der Waals surface area contributed by atoms with E-state index >= 15 is 0 Å². The standard InChI is InChI=1S/C10H10N2O/c1-7(13)9-5-8(6-11)3-4-10(9)12-2/h3-5,12H,1-2H3. The second-order valence-corrected chi connectivity index (χ2v) is 2.68. The van der Waals surface area contributed by atoms with Gasteiger partial charge in [-0.15, -0.1) is 0 Å². The van der Waals surface area contributed by atoms with Gasteiger partial charge in [-0.25, -0.2) is 0 Å². The van der Waals surface area contributed by atoms with Crippen LogP contribution in [-0.2, 0) is 0 Å². The normalized spacial score (nSPS) is 9.00. The summed E-state index contributed by atoms with van der Waals surface area (Å²) in [5.74, 6) is -0.0403. The Labute approximate surface area is 77.0 Å². The quantitative estimate of drug-likeness (QED) is 0.695. The van der Waals surface area contributed by atoms with Gasteiger partial charge in [0.2, 0.25) is 0 Å². The van der Waals surface area contributed by atoms with Crippen LogP contribution in [0.25, 0.3) is 0 Å². The molecule has 0 bridgehead atoms. The number of hydrogen-bond donors (Lipinski definition) is 1. The Kier molecular flexibility index (Phi) is 2.65. The van der Waals surface area contributed by atoms with Gasteiger partial charge >= 0.3 is 0 Å². The molecule has 0 amide bonds. The lowest BCUT2D eigenvalue weighted by Gasteiger charge is -2.05. The van der Waals surface area contributed by atoms with Crippen LogP contribution < -0.4 is 5.32 Å². The van der Waals surface area contributed by atoms with Crippen LogP contribution in [0.1, 0.15) is 22.8 Å². The molecule has 0 aliphatic rings. The number of Topliss-reactive ketones (excluding diaryl/α,β-unsaturated/α-hetero) is 1. The van der Waals surface area contributed by atoms with Gasteiger partial charge in [-0.05, 0) is 25.1 Å². The number of carbonyl (C=O) groups is 1. The molecule has 0 saturated carbocycles. The largest absolute Gasteiger partial charge is 0.388 e. The molecule has 3 heteroatoms. The average Bonchev–Trinajstić information content (AvgIpc) is 2.16. The van der Waals surface area contributed by atoms with Crippen LogP contribution in [0.4, 0.5) is 5.69 Å². The number of rotatable bonds is 2. The first-order chi connectivity index (χ1) is 6.19. The molecule has 0 spiro atoms. The minimum absolute atomic E-state index is 0.0403. The molecule has 1 aromatic carbocycles. The minimum atomic E-state index is -0.0403. The maximum atomic E-state index is 11.1. The summed E-state index contributed by atoms with van der Waals surface area (Å²) in [6.45, 7) is 1.48. The summed E-state index contributed by atoms with van der Waals surface area (Å²) in [5, 5.41) is 11.5. The molecule has 1 N–H and O–H groups in total. The van der Waals surface area contributed by atoms with Crippen LogP contribution in [0.2, 0.25) is 0 Å². The summed E-state index contributed by atoms with van der Waals surface area (Å²) < 4.78 is 0. The molecular formula is C10H10N2O. The van der Waals surface area contributed by atoms with Crippen molar-refractivity contribution in [2.75, 3.05) is 12.4 Å². The number of anilines is 1. The van der Waals surface area contributed by atoms with Gasteiger partial charge < -0.3 is 5.32 Å². The average molecular weight is 174 g/mol. The van der Waals surface area contributed by atoms with Crippen LogP contribution in [0, 0.1) is 11.3 Å². The van der Waals surface area contributed by atoms with Crippen LogP contribution in [0.3, 0.4) is 0 Å². The maximum Gasteiger partial charge on any atom is 0.161 e. The molecule has 1 aromatic rings. The van der Waals surface area contributed by atoms with Crippen LogP contribution >= 0.6 is 0 Å². The van der Waals surface area contributed by atoms with E-state index in [9.17, 15) is 4.79 Å². The molecule has 13 heavy (non-hydrogen) atoms. The van der Waals surface area contributed by atoms with E-state index < -0.39 is 0 Å². The Morgan fingerprint density at radius 3 is 2.69 bits per heavy atom. The second kappa shape index (κ2) is 3.72. The zero-order valence-corrected chi connectivity index (χ0v) is 7.59. The number of ketones is 1. The van der Waals surface area contributed by atoms with Crippen molar-refractivity contribution in [1.29, 1.82) is 5.26 Å². The van der Waals surface area contributed by atoms with Crippen molar-refractivity contribution < 1.29 is 4.79 Å². The van der Waals surface area contributed by atoms with Gasteiger partial charge in [0.05, 0.1) is 11.6 Å². The van der Waals surface area contributed by atoms with Crippen molar-refractivity contribution in [3.05, 3.63) is 29.3 Å². The molecule has 0 aromatic heterocycles. The van der Waals surface area contributed by atoms with Crippen LogP contribution in [0.15, 0.2) is 18.2 Å². The second-order valence-electron chi connectivity index (χ2n) is 2.68. The van der Waals surface area contributed by atoms with Crippen molar-refractivity contribution in [3.8, 4) is 6.07 Å². The van der Waals surface area contributed by atoms with Crippen LogP contribution in [0.5, 0.6) is 0 Å². The van der Waals surface area contributed by atoms with Crippen molar-refractivity contribution in [3.63, 3.8) is 0 Å². The van der Waals surface area contributed by atoms with Gasteiger partial charge in [-0.2, -0.15) is 5.26 Å². The summed E-state index contributed by atoms with van der Waals surface area (Å²) >= 11 is 0. The Morgan fingerprint density at radius 2 is 2.23 bits per heavy atom. The van der Waals surface area contributed by atoms with Gasteiger partial charge in [-0.3, -0.25) is 4.79 Å². The molecule has 66 valence electrons. The highest BCUT2D eigenvalue weighted by Gasteiger charge is 2.06. The Balaban J connectivity index is 3.28. The summed E-state index contributed by atoms with van der Waals surface area (Å²) in [4.78, 5) is 11.1. The van der Waals surface area contributed by atoms with Crippen LogP contribution in [-0.4, -0.2) is 12.8 Å². The van der Waals surface area contributed by atoms with Crippen molar-refractivity contribution in [2.24, 2.45) is 0 Å². The fraction of sp³-hybridized carbons (Fsp3) is 0.200.